The number of benzene rings is 1. The second-order valence-corrected chi connectivity index (χ2v) is 8.61. The number of esters is 1. The van der Waals surface area contributed by atoms with Gasteiger partial charge >= 0.3 is 5.97 Å². The average Bonchev–Trinajstić information content (AvgIpc) is 2.75. The van der Waals surface area contributed by atoms with Crippen molar-refractivity contribution in [2.45, 2.75) is 123 Å². The minimum absolute atomic E-state index is 0.0188. The van der Waals surface area contributed by atoms with Gasteiger partial charge in [0.25, 0.3) is 0 Å². The van der Waals surface area contributed by atoms with E-state index in [4.69, 9.17) is 4.74 Å². The van der Waals surface area contributed by atoms with Gasteiger partial charge in [-0.2, -0.15) is 0 Å². The molecule has 0 amide bonds. The van der Waals surface area contributed by atoms with Crippen LogP contribution in [0.2, 0.25) is 0 Å². The minimum Gasteiger partial charge on any atom is -0.461 e. The lowest BCUT2D eigenvalue weighted by molar-refractivity contribution is -0.150. The van der Waals surface area contributed by atoms with E-state index in [0.717, 1.165) is 31.2 Å². The van der Waals surface area contributed by atoms with Crippen molar-refractivity contribution < 1.29 is 9.53 Å². The van der Waals surface area contributed by atoms with Crippen molar-refractivity contribution in [1.82, 2.24) is 0 Å². The van der Waals surface area contributed by atoms with Gasteiger partial charge in [-0.1, -0.05) is 134 Å². The number of carbonyl (C=O) groups is 1. The number of unbranched alkanes of at least 4 members (excludes halogenated alkanes) is 12. The quantitative estimate of drug-likeness (QED) is 0.171. The molecule has 2 heteroatoms. The molecule has 0 aliphatic carbocycles. The zero-order valence-electron chi connectivity index (χ0n) is 19.3. The fraction of sp³-hybridized carbons (Fsp3) is 0.741. The second-order valence-electron chi connectivity index (χ2n) is 8.61. The van der Waals surface area contributed by atoms with Gasteiger partial charge in [0.1, 0.15) is 6.61 Å². The number of carbonyl (C=O) groups excluding carboxylic acids is 1. The summed E-state index contributed by atoms with van der Waals surface area (Å²) in [5.41, 5.74) is 1.08. The van der Waals surface area contributed by atoms with Gasteiger partial charge in [-0.25, -0.2) is 0 Å². The number of hydrogen-bond donors (Lipinski definition) is 0. The number of hydrogen-bond acceptors (Lipinski definition) is 2. The lowest BCUT2D eigenvalue weighted by Crippen LogP contribution is -2.18. The van der Waals surface area contributed by atoms with Crippen LogP contribution in [0.4, 0.5) is 0 Å². The molecule has 0 saturated carbocycles. The predicted octanol–water partition coefficient (Wildman–Crippen LogP) is 8.63. The highest BCUT2D eigenvalue weighted by molar-refractivity contribution is 5.72. The summed E-state index contributed by atoms with van der Waals surface area (Å²) in [5.74, 6) is 0.107. The Morgan fingerprint density at radius 1 is 0.690 bits per heavy atom. The molecule has 0 spiro atoms. The molecule has 1 aromatic carbocycles. The van der Waals surface area contributed by atoms with Crippen LogP contribution in [-0.2, 0) is 16.1 Å². The van der Waals surface area contributed by atoms with Crippen LogP contribution in [0, 0.1) is 5.92 Å². The monoisotopic (exact) mass is 402 g/mol. The average molecular weight is 403 g/mol. The molecule has 1 atom stereocenters. The van der Waals surface area contributed by atoms with Gasteiger partial charge < -0.3 is 4.74 Å². The molecule has 166 valence electrons. The highest BCUT2D eigenvalue weighted by Gasteiger charge is 2.19. The maximum atomic E-state index is 12.7. The summed E-state index contributed by atoms with van der Waals surface area (Å²) in [4.78, 5) is 12.7. The standard InChI is InChI=1S/C27H46O2/c1-3-5-7-9-11-12-14-19-23-26(22-18-13-10-8-6-4-2)27(28)29-24-25-20-16-15-17-21-25/h15-17,20-21,26H,3-14,18-19,22-24H2,1-2H3. The van der Waals surface area contributed by atoms with Crippen LogP contribution in [-0.4, -0.2) is 5.97 Å². The van der Waals surface area contributed by atoms with E-state index in [1.54, 1.807) is 0 Å². The minimum atomic E-state index is 0.0188. The lowest BCUT2D eigenvalue weighted by atomic mass is 9.94. The summed E-state index contributed by atoms with van der Waals surface area (Å²) in [6, 6.07) is 10.0. The first-order chi connectivity index (χ1) is 14.3. The van der Waals surface area contributed by atoms with E-state index in [1.807, 2.05) is 30.3 Å². The third-order valence-corrected chi connectivity index (χ3v) is 5.87. The molecule has 0 aliphatic heterocycles. The zero-order chi connectivity index (χ0) is 21.0. The van der Waals surface area contributed by atoms with Gasteiger partial charge in [-0.3, -0.25) is 4.79 Å². The van der Waals surface area contributed by atoms with Gasteiger partial charge in [0.2, 0.25) is 0 Å². The Hall–Kier alpha value is -1.31. The first-order valence-corrected chi connectivity index (χ1v) is 12.5. The van der Waals surface area contributed by atoms with Crippen LogP contribution >= 0.6 is 0 Å². The van der Waals surface area contributed by atoms with Crippen LogP contribution in [0.25, 0.3) is 0 Å². The summed E-state index contributed by atoms with van der Waals surface area (Å²) >= 11 is 0. The van der Waals surface area contributed by atoms with E-state index in [0.29, 0.717) is 6.61 Å². The molecular formula is C27H46O2. The predicted molar refractivity (Wildman–Crippen MR) is 125 cm³/mol. The topological polar surface area (TPSA) is 26.3 Å². The van der Waals surface area contributed by atoms with Gasteiger partial charge in [0.15, 0.2) is 0 Å². The molecule has 29 heavy (non-hydrogen) atoms. The summed E-state index contributed by atoms with van der Waals surface area (Å²) in [6.45, 7) is 4.92. The smallest absolute Gasteiger partial charge is 0.309 e. The molecule has 0 radical (unpaired) electrons. The lowest BCUT2D eigenvalue weighted by Gasteiger charge is -2.16. The molecule has 0 heterocycles. The van der Waals surface area contributed by atoms with Crippen LogP contribution in [0.3, 0.4) is 0 Å². The Balaban J connectivity index is 2.30. The van der Waals surface area contributed by atoms with Crippen molar-refractivity contribution in [3.8, 4) is 0 Å². The fourth-order valence-electron chi connectivity index (χ4n) is 3.92. The van der Waals surface area contributed by atoms with Gasteiger partial charge in [0.05, 0.1) is 5.92 Å². The van der Waals surface area contributed by atoms with E-state index >= 15 is 0 Å². The maximum absolute atomic E-state index is 12.7. The van der Waals surface area contributed by atoms with Crippen molar-refractivity contribution in [2.24, 2.45) is 5.92 Å². The van der Waals surface area contributed by atoms with E-state index in [2.05, 4.69) is 13.8 Å². The van der Waals surface area contributed by atoms with Gasteiger partial charge in [-0.05, 0) is 18.4 Å². The fourth-order valence-corrected chi connectivity index (χ4v) is 3.92. The Kier molecular flexibility index (Phi) is 16.6. The molecule has 1 aromatic rings. The Labute approximate surface area is 180 Å². The summed E-state index contributed by atoms with van der Waals surface area (Å²) in [6.07, 6.45) is 20.2. The molecular weight excluding hydrogens is 356 g/mol. The van der Waals surface area contributed by atoms with Crippen LogP contribution < -0.4 is 0 Å². The molecule has 0 fully saturated rings. The highest BCUT2D eigenvalue weighted by atomic mass is 16.5. The molecule has 1 rings (SSSR count). The van der Waals surface area contributed by atoms with Crippen molar-refractivity contribution in [2.75, 3.05) is 0 Å². The van der Waals surface area contributed by atoms with Crippen molar-refractivity contribution in [3.63, 3.8) is 0 Å². The maximum Gasteiger partial charge on any atom is 0.309 e. The molecule has 0 bridgehead atoms. The molecule has 0 saturated heterocycles. The SMILES string of the molecule is CCCCCCCCCCC(CCCCCCCC)C(=O)OCc1ccccc1. The van der Waals surface area contributed by atoms with Gasteiger partial charge in [-0.15, -0.1) is 0 Å². The van der Waals surface area contributed by atoms with Crippen LogP contribution in [0.15, 0.2) is 30.3 Å². The third-order valence-electron chi connectivity index (χ3n) is 5.87. The normalized spacial score (nSPS) is 12.1. The third kappa shape index (κ3) is 14.3. The number of ether oxygens (including phenoxy) is 1. The summed E-state index contributed by atoms with van der Waals surface area (Å²) < 4.78 is 5.67. The number of rotatable bonds is 19. The Morgan fingerprint density at radius 3 is 1.62 bits per heavy atom. The Morgan fingerprint density at radius 2 is 1.14 bits per heavy atom. The van der Waals surface area contributed by atoms with Crippen LogP contribution in [0.5, 0.6) is 0 Å². The highest BCUT2D eigenvalue weighted by Crippen LogP contribution is 2.21. The van der Waals surface area contributed by atoms with E-state index < -0.39 is 0 Å². The first kappa shape index (κ1) is 25.7. The summed E-state index contributed by atoms with van der Waals surface area (Å²) in [5, 5.41) is 0. The van der Waals surface area contributed by atoms with E-state index in [9.17, 15) is 4.79 Å². The molecule has 1 unspecified atom stereocenters. The molecule has 0 aromatic heterocycles. The largest absolute Gasteiger partial charge is 0.461 e. The van der Waals surface area contributed by atoms with Crippen molar-refractivity contribution in [3.05, 3.63) is 35.9 Å². The van der Waals surface area contributed by atoms with Gasteiger partial charge in [0, 0.05) is 0 Å². The summed E-state index contributed by atoms with van der Waals surface area (Å²) in [7, 11) is 0. The molecule has 0 aliphatic rings. The molecule has 0 N–H and O–H groups in total. The van der Waals surface area contributed by atoms with E-state index in [1.165, 1.54) is 77.0 Å². The zero-order valence-corrected chi connectivity index (χ0v) is 19.3. The van der Waals surface area contributed by atoms with Crippen molar-refractivity contribution in [1.29, 1.82) is 0 Å². The van der Waals surface area contributed by atoms with Crippen molar-refractivity contribution >= 4 is 5.97 Å². The van der Waals surface area contributed by atoms with Crippen LogP contribution in [0.1, 0.15) is 122 Å². The molecule has 2 nitrogen and oxygen atoms in total. The van der Waals surface area contributed by atoms with E-state index in [-0.39, 0.29) is 11.9 Å². The second kappa shape index (κ2) is 18.7. The Bertz CT molecular complexity index is 483. The first-order valence-electron chi connectivity index (χ1n) is 12.5.